The molecule has 2 atom stereocenters. The maximum atomic E-state index is 9.07. The number of ether oxygens (including phenoxy) is 1. The summed E-state index contributed by atoms with van der Waals surface area (Å²) in [4.78, 5) is 10.3. The van der Waals surface area contributed by atoms with Crippen molar-refractivity contribution in [3.05, 3.63) is 6.33 Å². The highest BCUT2D eigenvalue weighted by molar-refractivity contribution is 7.80. The summed E-state index contributed by atoms with van der Waals surface area (Å²) in [5.74, 6) is 0.827. The van der Waals surface area contributed by atoms with Crippen LogP contribution in [0.4, 0.5) is 11.5 Å². The molecular weight excluding hydrogens is 240 g/mol. The molecule has 2 N–H and O–H groups in total. The molecule has 1 aromatic rings. The highest BCUT2D eigenvalue weighted by Crippen LogP contribution is 2.36. The third-order valence-electron chi connectivity index (χ3n) is 3.14. The highest BCUT2D eigenvalue weighted by Gasteiger charge is 2.34. The van der Waals surface area contributed by atoms with Crippen LogP contribution in [0.15, 0.2) is 11.4 Å². The minimum absolute atomic E-state index is 0.0245. The van der Waals surface area contributed by atoms with E-state index in [9.17, 15) is 0 Å². The molecule has 0 saturated carbocycles. The Morgan fingerprint density at radius 1 is 1.53 bits per heavy atom. The van der Waals surface area contributed by atoms with Crippen molar-refractivity contribution in [2.45, 2.75) is 30.2 Å². The molecule has 6 nitrogen and oxygen atoms in total. The Bertz CT molecular complexity index is 431. The zero-order chi connectivity index (χ0) is 11.8. The van der Waals surface area contributed by atoms with E-state index in [2.05, 4.69) is 27.9 Å². The number of anilines is 2. The maximum Gasteiger partial charge on any atom is 0.160 e. The molecular formula is C10H14N4O2S. The number of nitrogens with one attached hydrogen (secondary N) is 1. The van der Waals surface area contributed by atoms with Crippen LogP contribution in [0.2, 0.25) is 0 Å². The molecule has 1 fully saturated rings. The van der Waals surface area contributed by atoms with Crippen molar-refractivity contribution in [3.8, 4) is 0 Å². The predicted molar refractivity (Wildman–Crippen MR) is 65.2 cm³/mol. The second kappa shape index (κ2) is 4.32. The quantitative estimate of drug-likeness (QED) is 0.526. The molecule has 0 aliphatic carbocycles. The Kier molecular flexibility index (Phi) is 2.81. The highest BCUT2D eigenvalue weighted by atomic mass is 32.1. The van der Waals surface area contributed by atoms with E-state index in [0.717, 1.165) is 24.3 Å². The fraction of sp³-hybridized carbons (Fsp3) is 0.600. The van der Waals surface area contributed by atoms with Gasteiger partial charge in [0, 0.05) is 0 Å². The van der Waals surface area contributed by atoms with Crippen LogP contribution in [0, 0.1) is 0 Å². The molecule has 92 valence electrons. The number of hydrogen-bond acceptors (Lipinski definition) is 7. The van der Waals surface area contributed by atoms with Crippen LogP contribution in [0.5, 0.6) is 0 Å². The van der Waals surface area contributed by atoms with Gasteiger partial charge in [0.2, 0.25) is 0 Å². The zero-order valence-electron chi connectivity index (χ0n) is 9.20. The van der Waals surface area contributed by atoms with Gasteiger partial charge >= 0.3 is 0 Å². The molecule has 17 heavy (non-hydrogen) atoms. The van der Waals surface area contributed by atoms with Crippen molar-refractivity contribution < 1.29 is 9.84 Å². The molecule has 1 saturated heterocycles. The fourth-order valence-corrected chi connectivity index (χ4v) is 2.50. The maximum absolute atomic E-state index is 9.07. The minimum atomic E-state index is -0.0543. The first-order valence-corrected chi connectivity index (χ1v) is 6.05. The third-order valence-corrected chi connectivity index (χ3v) is 3.48. The first-order chi connectivity index (χ1) is 8.29. The zero-order valence-corrected chi connectivity index (χ0v) is 10.1. The van der Waals surface area contributed by atoms with E-state index in [1.807, 2.05) is 4.90 Å². The van der Waals surface area contributed by atoms with Crippen LogP contribution in [0.25, 0.3) is 0 Å². The first-order valence-electron chi connectivity index (χ1n) is 5.60. The Morgan fingerprint density at radius 2 is 2.41 bits per heavy atom. The van der Waals surface area contributed by atoms with Gasteiger partial charge in [0.1, 0.15) is 23.3 Å². The van der Waals surface area contributed by atoms with Gasteiger partial charge in [-0.3, -0.25) is 0 Å². The fourth-order valence-electron chi connectivity index (χ4n) is 2.27. The summed E-state index contributed by atoms with van der Waals surface area (Å²) < 4.78 is 5.74. The summed E-state index contributed by atoms with van der Waals surface area (Å²) in [7, 11) is 0. The summed E-state index contributed by atoms with van der Waals surface area (Å²) in [6, 6.07) is 0. The van der Waals surface area contributed by atoms with Crippen LogP contribution < -0.4 is 10.2 Å². The van der Waals surface area contributed by atoms with Crippen LogP contribution in [0.1, 0.15) is 12.8 Å². The van der Waals surface area contributed by atoms with Crippen molar-refractivity contribution in [2.24, 2.45) is 0 Å². The monoisotopic (exact) mass is 254 g/mol. The smallest absolute Gasteiger partial charge is 0.160 e. The third kappa shape index (κ3) is 1.84. The Balaban J connectivity index is 1.82. The molecule has 1 aromatic heterocycles. The molecule has 3 heterocycles. The Labute approximate surface area is 104 Å². The van der Waals surface area contributed by atoms with Gasteiger partial charge in [0.05, 0.1) is 19.4 Å². The van der Waals surface area contributed by atoms with Gasteiger partial charge in [-0.1, -0.05) is 0 Å². The lowest BCUT2D eigenvalue weighted by Crippen LogP contribution is -2.35. The van der Waals surface area contributed by atoms with Gasteiger partial charge in [0.25, 0.3) is 0 Å². The second-order valence-electron chi connectivity index (χ2n) is 4.17. The number of aliphatic hydroxyl groups is 1. The van der Waals surface area contributed by atoms with Crippen LogP contribution in [-0.4, -0.2) is 40.7 Å². The van der Waals surface area contributed by atoms with Crippen molar-refractivity contribution in [1.29, 1.82) is 0 Å². The average molecular weight is 254 g/mol. The summed E-state index contributed by atoms with van der Waals surface area (Å²) in [5.41, 5.74) is 0.854. The molecule has 0 aromatic carbocycles. The topological polar surface area (TPSA) is 70.5 Å². The first kappa shape index (κ1) is 11.1. The van der Waals surface area contributed by atoms with Crippen LogP contribution in [-0.2, 0) is 4.74 Å². The number of nitrogens with zero attached hydrogens (tertiary/aromatic N) is 3. The normalized spacial score (nSPS) is 27.1. The Morgan fingerprint density at radius 3 is 3.18 bits per heavy atom. The van der Waals surface area contributed by atoms with Gasteiger partial charge in [-0.25, -0.2) is 9.97 Å². The van der Waals surface area contributed by atoms with Crippen LogP contribution >= 0.6 is 12.6 Å². The summed E-state index contributed by atoms with van der Waals surface area (Å²) in [6.07, 6.45) is 3.20. The number of hydrogen-bond donors (Lipinski definition) is 3. The summed E-state index contributed by atoms with van der Waals surface area (Å²) in [6.45, 7) is 0.719. The summed E-state index contributed by atoms with van der Waals surface area (Å²) >= 11 is 4.29. The molecule has 0 unspecified atom stereocenters. The lowest BCUT2D eigenvalue weighted by atomic mass is 10.2. The van der Waals surface area contributed by atoms with E-state index >= 15 is 0 Å². The molecule has 0 radical (unpaired) electrons. The molecule has 2 aliphatic rings. The van der Waals surface area contributed by atoms with E-state index in [1.54, 1.807) is 0 Å². The molecule has 2 aliphatic heterocycles. The molecule has 0 amide bonds. The van der Waals surface area contributed by atoms with Gasteiger partial charge in [-0.2, -0.15) is 0 Å². The number of thiol groups is 1. The van der Waals surface area contributed by atoms with E-state index < -0.39 is 0 Å². The van der Waals surface area contributed by atoms with E-state index in [1.165, 1.54) is 6.33 Å². The lowest BCUT2D eigenvalue weighted by Gasteiger charge is -2.24. The number of rotatable bonds is 2. The lowest BCUT2D eigenvalue weighted by molar-refractivity contribution is 0.0114. The van der Waals surface area contributed by atoms with Crippen molar-refractivity contribution in [2.75, 3.05) is 23.5 Å². The second-order valence-corrected chi connectivity index (χ2v) is 4.60. The number of fused-ring (bicyclic) bond motifs is 1. The van der Waals surface area contributed by atoms with Crippen LogP contribution in [0.3, 0.4) is 0 Å². The molecule has 7 heteroatoms. The number of aromatic nitrogens is 2. The van der Waals surface area contributed by atoms with Gasteiger partial charge in [-0.15, -0.1) is 12.6 Å². The number of aliphatic hydroxyl groups excluding tert-OH is 1. The van der Waals surface area contributed by atoms with Crippen molar-refractivity contribution >= 4 is 24.1 Å². The Hall–Kier alpha value is -1.05. The SMILES string of the molecule is OC[C@@H]1CC[C@H](N2CNc3c(S)ncnc32)O1. The average Bonchev–Trinajstić information content (AvgIpc) is 2.94. The molecule has 3 rings (SSSR count). The molecule has 0 spiro atoms. The van der Waals surface area contributed by atoms with Crippen molar-refractivity contribution in [3.63, 3.8) is 0 Å². The largest absolute Gasteiger partial charge is 0.394 e. The van der Waals surface area contributed by atoms with Gasteiger partial charge in [-0.05, 0) is 12.8 Å². The van der Waals surface area contributed by atoms with Gasteiger partial charge in [0.15, 0.2) is 5.82 Å². The standard InChI is InChI=1S/C10H14N4O2S/c15-3-6-1-2-7(16-6)14-5-13-8-9(14)11-4-12-10(8)17/h4,6-7,13,15H,1-3,5H2,(H,11,12,17)/t6-,7+/m0/s1. The molecule has 0 bridgehead atoms. The van der Waals surface area contributed by atoms with E-state index in [-0.39, 0.29) is 18.9 Å². The van der Waals surface area contributed by atoms with E-state index in [4.69, 9.17) is 9.84 Å². The van der Waals surface area contributed by atoms with E-state index in [0.29, 0.717) is 11.7 Å². The predicted octanol–water partition coefficient (Wildman–Crippen LogP) is 0.452. The van der Waals surface area contributed by atoms with Gasteiger partial charge < -0.3 is 20.1 Å². The minimum Gasteiger partial charge on any atom is -0.394 e. The summed E-state index contributed by atoms with van der Waals surface area (Å²) in [5, 5.41) is 12.9. The van der Waals surface area contributed by atoms with Crippen molar-refractivity contribution in [1.82, 2.24) is 9.97 Å².